The Bertz CT molecular complexity index is 882. The van der Waals surface area contributed by atoms with E-state index in [-0.39, 0.29) is 30.4 Å². The molecule has 0 spiro atoms. The second kappa shape index (κ2) is 9.81. The van der Waals surface area contributed by atoms with E-state index in [4.69, 9.17) is 15.2 Å². The molecule has 2 aromatic rings. The highest BCUT2D eigenvalue weighted by molar-refractivity contribution is 5.83. The number of hydrogen-bond acceptors (Lipinski definition) is 7. The number of hydrogen-bond donors (Lipinski definition) is 4. The van der Waals surface area contributed by atoms with Gasteiger partial charge in [-0.3, -0.25) is 9.59 Å². The van der Waals surface area contributed by atoms with Crippen LogP contribution in [0.3, 0.4) is 0 Å². The van der Waals surface area contributed by atoms with Crippen LogP contribution in [-0.2, 0) is 16.0 Å². The molecule has 5 N–H and O–H groups in total. The minimum atomic E-state index is -0.599. The van der Waals surface area contributed by atoms with Crippen LogP contribution in [0, 0.1) is 0 Å². The first kappa shape index (κ1) is 20.6. The van der Waals surface area contributed by atoms with Crippen molar-refractivity contribution in [2.45, 2.75) is 12.8 Å². The maximum atomic E-state index is 11.9. The van der Waals surface area contributed by atoms with Gasteiger partial charge in [-0.15, -0.1) is 0 Å². The maximum Gasteiger partial charge on any atom is 0.255 e. The van der Waals surface area contributed by atoms with Crippen molar-refractivity contribution >= 4 is 18.0 Å². The normalized spacial score (nSPS) is 10.6. The number of benzene rings is 2. The summed E-state index contributed by atoms with van der Waals surface area (Å²) in [5.41, 5.74) is 8.81. The van der Waals surface area contributed by atoms with Crippen LogP contribution in [0.4, 0.5) is 0 Å². The fraction of sp³-hybridized carbons (Fsp3) is 0.211. The Balaban J connectivity index is 1.87. The zero-order valence-corrected chi connectivity index (χ0v) is 15.2. The van der Waals surface area contributed by atoms with Gasteiger partial charge in [0.05, 0.1) is 13.3 Å². The van der Waals surface area contributed by atoms with E-state index < -0.39 is 5.91 Å². The molecule has 9 heteroatoms. The third-order valence-electron chi connectivity index (χ3n) is 3.64. The van der Waals surface area contributed by atoms with E-state index in [1.54, 1.807) is 24.3 Å². The maximum absolute atomic E-state index is 11.9. The standard InChI is InChI=1S/C19H21N3O6/c1-27-17-9-13(3-6-16(17)28-11-18(20)25)10-21-22-19(26)7-4-12-2-5-14(23)15(24)8-12/h2-3,5-6,8-10,23-24H,4,7,11H2,1H3,(H2,20,25)(H,22,26). The first-order valence-corrected chi connectivity index (χ1v) is 8.31. The van der Waals surface area contributed by atoms with Crippen molar-refractivity contribution in [1.29, 1.82) is 0 Å². The Morgan fingerprint density at radius 1 is 1.14 bits per heavy atom. The van der Waals surface area contributed by atoms with Crippen LogP contribution in [0.1, 0.15) is 17.5 Å². The Morgan fingerprint density at radius 2 is 1.93 bits per heavy atom. The summed E-state index contributed by atoms with van der Waals surface area (Å²) >= 11 is 0. The summed E-state index contributed by atoms with van der Waals surface area (Å²) in [6.45, 7) is -0.265. The van der Waals surface area contributed by atoms with Crippen LogP contribution < -0.4 is 20.6 Å². The lowest BCUT2D eigenvalue weighted by atomic mass is 10.1. The number of methoxy groups -OCH3 is 1. The molecule has 2 amide bonds. The number of ether oxygens (including phenoxy) is 2. The molecule has 0 atom stereocenters. The molecular formula is C19H21N3O6. The smallest absolute Gasteiger partial charge is 0.255 e. The minimum Gasteiger partial charge on any atom is -0.504 e. The van der Waals surface area contributed by atoms with Crippen LogP contribution in [0.25, 0.3) is 0 Å². The summed E-state index contributed by atoms with van der Waals surface area (Å²) in [7, 11) is 1.45. The van der Waals surface area contributed by atoms with Gasteiger partial charge in [-0.05, 0) is 47.9 Å². The monoisotopic (exact) mass is 387 g/mol. The van der Waals surface area contributed by atoms with Crippen LogP contribution in [-0.4, -0.2) is 42.0 Å². The van der Waals surface area contributed by atoms with Gasteiger partial charge < -0.3 is 25.4 Å². The summed E-state index contributed by atoms with van der Waals surface area (Å²) in [6, 6.07) is 9.30. The van der Waals surface area contributed by atoms with Gasteiger partial charge in [0.25, 0.3) is 5.91 Å². The molecule has 9 nitrogen and oxygen atoms in total. The summed E-state index contributed by atoms with van der Waals surface area (Å²) in [5, 5.41) is 22.6. The minimum absolute atomic E-state index is 0.158. The molecule has 0 heterocycles. The van der Waals surface area contributed by atoms with E-state index >= 15 is 0 Å². The molecule has 28 heavy (non-hydrogen) atoms. The molecule has 0 aliphatic rings. The molecular weight excluding hydrogens is 366 g/mol. The number of carbonyl (C=O) groups excluding carboxylic acids is 2. The van der Waals surface area contributed by atoms with Gasteiger partial charge in [-0.25, -0.2) is 5.43 Å². The Kier molecular flexibility index (Phi) is 7.21. The molecule has 0 fully saturated rings. The molecule has 2 aromatic carbocycles. The second-order valence-corrected chi connectivity index (χ2v) is 5.78. The first-order chi connectivity index (χ1) is 13.4. The Labute approximate surface area is 161 Å². The Hall–Kier alpha value is -3.75. The van der Waals surface area contributed by atoms with E-state index in [0.29, 0.717) is 29.0 Å². The number of carbonyl (C=O) groups is 2. The molecule has 0 bridgehead atoms. The summed E-state index contributed by atoms with van der Waals surface area (Å²) in [4.78, 5) is 22.7. The summed E-state index contributed by atoms with van der Waals surface area (Å²) in [6.07, 6.45) is 1.98. The fourth-order valence-corrected chi connectivity index (χ4v) is 2.25. The van der Waals surface area contributed by atoms with Gasteiger partial charge in [-0.1, -0.05) is 6.07 Å². The third-order valence-corrected chi connectivity index (χ3v) is 3.64. The molecule has 148 valence electrons. The number of nitrogens with one attached hydrogen (secondary N) is 1. The predicted octanol–water partition coefficient (Wildman–Crippen LogP) is 1.05. The number of amides is 2. The number of phenols is 2. The van der Waals surface area contributed by atoms with Gasteiger partial charge in [0.1, 0.15) is 0 Å². The van der Waals surface area contributed by atoms with Crippen molar-refractivity contribution in [1.82, 2.24) is 5.43 Å². The van der Waals surface area contributed by atoms with Crippen molar-refractivity contribution in [3.05, 3.63) is 47.5 Å². The number of primary amides is 1. The SMILES string of the molecule is COc1cc(C=NNC(=O)CCc2ccc(O)c(O)c2)ccc1OCC(N)=O. The molecule has 0 saturated heterocycles. The number of aromatic hydroxyl groups is 2. The van der Waals surface area contributed by atoms with Crippen molar-refractivity contribution in [2.75, 3.05) is 13.7 Å². The number of rotatable bonds is 9. The molecule has 0 unspecified atom stereocenters. The zero-order valence-electron chi connectivity index (χ0n) is 15.2. The highest BCUT2D eigenvalue weighted by Crippen LogP contribution is 2.27. The van der Waals surface area contributed by atoms with Crippen molar-refractivity contribution < 1.29 is 29.3 Å². The van der Waals surface area contributed by atoms with Crippen LogP contribution in [0.2, 0.25) is 0 Å². The molecule has 0 saturated carbocycles. The second-order valence-electron chi connectivity index (χ2n) is 5.78. The van der Waals surface area contributed by atoms with Gasteiger partial charge in [0.2, 0.25) is 5.91 Å². The van der Waals surface area contributed by atoms with Gasteiger partial charge >= 0.3 is 0 Å². The molecule has 0 aliphatic carbocycles. The number of hydrazone groups is 1. The fourth-order valence-electron chi connectivity index (χ4n) is 2.25. The van der Waals surface area contributed by atoms with Crippen molar-refractivity contribution in [2.24, 2.45) is 10.8 Å². The lowest BCUT2D eigenvalue weighted by molar-refractivity contribution is -0.121. The lowest BCUT2D eigenvalue weighted by Crippen LogP contribution is -2.20. The average molecular weight is 387 g/mol. The topological polar surface area (TPSA) is 143 Å². The van der Waals surface area contributed by atoms with Gasteiger partial charge in [0, 0.05) is 6.42 Å². The van der Waals surface area contributed by atoms with Crippen molar-refractivity contribution in [3.8, 4) is 23.0 Å². The number of phenolic OH excluding ortho intramolecular Hbond substituents is 2. The van der Waals surface area contributed by atoms with Crippen LogP contribution in [0.15, 0.2) is 41.5 Å². The summed E-state index contributed by atoms with van der Waals surface area (Å²) < 4.78 is 10.4. The zero-order chi connectivity index (χ0) is 20.5. The van der Waals surface area contributed by atoms with E-state index in [0.717, 1.165) is 0 Å². The largest absolute Gasteiger partial charge is 0.504 e. The molecule has 0 aliphatic heterocycles. The number of nitrogens with two attached hydrogens (primary N) is 1. The van der Waals surface area contributed by atoms with E-state index in [1.807, 2.05) is 0 Å². The predicted molar refractivity (Wildman–Crippen MR) is 102 cm³/mol. The summed E-state index contributed by atoms with van der Waals surface area (Å²) in [5.74, 6) is -0.592. The Morgan fingerprint density at radius 3 is 2.61 bits per heavy atom. The number of aryl methyl sites for hydroxylation is 1. The van der Waals surface area contributed by atoms with E-state index in [1.165, 1.54) is 25.5 Å². The average Bonchev–Trinajstić information content (AvgIpc) is 2.67. The number of nitrogens with zero attached hydrogens (tertiary/aromatic N) is 1. The highest BCUT2D eigenvalue weighted by Gasteiger charge is 2.07. The molecule has 0 radical (unpaired) electrons. The van der Waals surface area contributed by atoms with Gasteiger partial charge in [-0.2, -0.15) is 5.10 Å². The molecule has 2 rings (SSSR count). The van der Waals surface area contributed by atoms with Gasteiger partial charge in [0.15, 0.2) is 29.6 Å². The quantitative estimate of drug-likeness (QED) is 0.288. The van der Waals surface area contributed by atoms with Crippen LogP contribution in [0.5, 0.6) is 23.0 Å². The van der Waals surface area contributed by atoms with E-state index in [2.05, 4.69) is 10.5 Å². The van der Waals surface area contributed by atoms with Crippen LogP contribution >= 0.6 is 0 Å². The lowest BCUT2D eigenvalue weighted by Gasteiger charge is -2.09. The first-order valence-electron chi connectivity index (χ1n) is 8.31. The molecule has 0 aromatic heterocycles. The third kappa shape index (κ3) is 6.20. The highest BCUT2D eigenvalue weighted by atomic mass is 16.5. The van der Waals surface area contributed by atoms with E-state index in [9.17, 15) is 19.8 Å². The van der Waals surface area contributed by atoms with Crippen molar-refractivity contribution in [3.63, 3.8) is 0 Å².